The van der Waals surface area contributed by atoms with E-state index in [1.54, 1.807) is 30.3 Å². The van der Waals surface area contributed by atoms with Crippen LogP contribution in [0.15, 0.2) is 71.1 Å². The van der Waals surface area contributed by atoms with Crippen molar-refractivity contribution in [2.75, 3.05) is 5.32 Å². The third-order valence-electron chi connectivity index (χ3n) is 4.63. The van der Waals surface area contributed by atoms with Gasteiger partial charge in [0.25, 0.3) is 0 Å². The summed E-state index contributed by atoms with van der Waals surface area (Å²) < 4.78 is 85.1. The van der Waals surface area contributed by atoms with Gasteiger partial charge in [-0.05, 0) is 42.0 Å². The van der Waals surface area contributed by atoms with Gasteiger partial charge in [0.2, 0.25) is 5.89 Å². The lowest BCUT2D eigenvalue weighted by Gasteiger charge is -2.14. The lowest BCUT2D eigenvalue weighted by atomic mass is 10.1. The summed E-state index contributed by atoms with van der Waals surface area (Å²) >= 11 is 0. The average Bonchev–Trinajstić information content (AvgIpc) is 3.15. The van der Waals surface area contributed by atoms with Crippen LogP contribution in [0.4, 0.5) is 32.0 Å². The van der Waals surface area contributed by atoms with Crippen LogP contribution in [0.1, 0.15) is 16.7 Å². The Labute approximate surface area is 172 Å². The van der Waals surface area contributed by atoms with Crippen molar-refractivity contribution in [1.82, 2.24) is 4.98 Å². The maximum Gasteiger partial charge on any atom is 0.422 e. The summed E-state index contributed by atoms with van der Waals surface area (Å²) in [6.45, 7) is 0.162. The predicted octanol–water partition coefficient (Wildman–Crippen LogP) is 7.14. The number of hydrogen-bond acceptors (Lipinski definition) is 3. The number of anilines is 1. The number of nitrogens with zero attached hydrogens (tertiary/aromatic N) is 1. The van der Waals surface area contributed by atoms with E-state index in [4.69, 9.17) is 4.42 Å². The first-order valence-electron chi connectivity index (χ1n) is 9.09. The topological polar surface area (TPSA) is 38.1 Å². The van der Waals surface area contributed by atoms with Gasteiger partial charge in [0.05, 0.1) is 11.3 Å². The first-order chi connectivity index (χ1) is 14.6. The standard InChI is InChI=1S/C22H14F6N2O/c23-21(24,25)15-8-6-14(7-9-15)20-30-17-11-10-16(18(19(17)31-20)22(26,27)28)29-12-13-4-2-1-3-5-13/h1-11,29H,12H2. The predicted molar refractivity (Wildman–Crippen MR) is 103 cm³/mol. The number of oxazole rings is 1. The molecule has 1 aromatic heterocycles. The van der Waals surface area contributed by atoms with Crippen molar-refractivity contribution in [3.8, 4) is 11.5 Å². The second-order valence-electron chi connectivity index (χ2n) is 6.77. The van der Waals surface area contributed by atoms with Crippen molar-refractivity contribution in [2.24, 2.45) is 0 Å². The van der Waals surface area contributed by atoms with Gasteiger partial charge in [-0.2, -0.15) is 26.3 Å². The molecule has 160 valence electrons. The van der Waals surface area contributed by atoms with E-state index in [0.717, 1.165) is 29.8 Å². The fourth-order valence-electron chi connectivity index (χ4n) is 3.14. The molecule has 0 unspecified atom stereocenters. The minimum absolute atomic E-state index is 0.0486. The number of aromatic nitrogens is 1. The molecule has 0 saturated heterocycles. The minimum atomic E-state index is -4.74. The van der Waals surface area contributed by atoms with Crippen LogP contribution in [0, 0.1) is 0 Å². The smallest absolute Gasteiger partial charge is 0.422 e. The molecule has 0 atom stereocenters. The zero-order valence-corrected chi connectivity index (χ0v) is 15.7. The number of alkyl halides is 6. The van der Waals surface area contributed by atoms with Crippen LogP contribution in [0.3, 0.4) is 0 Å². The summed E-state index contributed by atoms with van der Waals surface area (Å²) in [5.41, 5.74) is -1.69. The van der Waals surface area contributed by atoms with Gasteiger partial charge in [0.15, 0.2) is 5.58 Å². The molecule has 9 heteroatoms. The van der Waals surface area contributed by atoms with Crippen molar-refractivity contribution >= 4 is 16.8 Å². The van der Waals surface area contributed by atoms with Crippen molar-refractivity contribution in [2.45, 2.75) is 18.9 Å². The Balaban J connectivity index is 1.73. The number of hydrogen-bond donors (Lipinski definition) is 1. The van der Waals surface area contributed by atoms with Gasteiger partial charge in [0, 0.05) is 12.1 Å². The molecule has 0 aliphatic rings. The van der Waals surface area contributed by atoms with Crippen molar-refractivity contribution < 1.29 is 30.8 Å². The van der Waals surface area contributed by atoms with Gasteiger partial charge in [0.1, 0.15) is 11.1 Å². The zero-order chi connectivity index (χ0) is 22.2. The summed E-state index contributed by atoms with van der Waals surface area (Å²) in [5.74, 6) is -0.200. The van der Waals surface area contributed by atoms with E-state index in [0.29, 0.717) is 0 Å². The SMILES string of the molecule is FC(F)(F)c1ccc(-c2nc3ccc(NCc4ccccc4)c(C(F)(F)F)c3o2)cc1. The molecule has 0 spiro atoms. The fourth-order valence-corrected chi connectivity index (χ4v) is 3.14. The van der Waals surface area contributed by atoms with E-state index in [-0.39, 0.29) is 29.2 Å². The Morgan fingerprint density at radius 2 is 1.45 bits per heavy atom. The first kappa shape index (κ1) is 20.8. The Hall–Kier alpha value is -3.49. The van der Waals surface area contributed by atoms with Crippen LogP contribution in [0.5, 0.6) is 0 Å². The van der Waals surface area contributed by atoms with Crippen LogP contribution in [0.2, 0.25) is 0 Å². The molecular weight excluding hydrogens is 422 g/mol. The second kappa shape index (κ2) is 7.64. The molecule has 31 heavy (non-hydrogen) atoms. The van der Waals surface area contributed by atoms with Gasteiger partial charge in [-0.1, -0.05) is 30.3 Å². The monoisotopic (exact) mass is 436 g/mol. The third-order valence-corrected chi connectivity index (χ3v) is 4.63. The van der Waals surface area contributed by atoms with Gasteiger partial charge in [-0.15, -0.1) is 0 Å². The summed E-state index contributed by atoms with van der Waals surface area (Å²) in [4.78, 5) is 4.03. The molecule has 0 aliphatic carbocycles. The Bertz CT molecular complexity index is 1200. The highest BCUT2D eigenvalue weighted by Gasteiger charge is 2.38. The molecule has 3 nitrogen and oxygen atoms in total. The Morgan fingerprint density at radius 3 is 2.06 bits per heavy atom. The molecule has 3 aromatic carbocycles. The normalized spacial score (nSPS) is 12.3. The van der Waals surface area contributed by atoms with E-state index in [2.05, 4.69) is 10.3 Å². The summed E-state index contributed by atoms with van der Waals surface area (Å²) in [5, 5.41) is 2.77. The van der Waals surface area contributed by atoms with E-state index in [1.807, 2.05) is 0 Å². The summed E-state index contributed by atoms with van der Waals surface area (Å²) in [6, 6.07) is 15.4. The molecule has 0 bridgehead atoms. The molecule has 0 aliphatic heterocycles. The minimum Gasteiger partial charge on any atom is -0.435 e. The van der Waals surface area contributed by atoms with Crippen LogP contribution in [0.25, 0.3) is 22.6 Å². The first-order valence-corrected chi connectivity index (χ1v) is 9.09. The summed E-state index contributed by atoms with van der Waals surface area (Å²) in [7, 11) is 0. The van der Waals surface area contributed by atoms with E-state index >= 15 is 0 Å². The lowest BCUT2D eigenvalue weighted by molar-refractivity contribution is -0.138. The third kappa shape index (κ3) is 4.35. The van der Waals surface area contributed by atoms with Gasteiger partial charge < -0.3 is 9.73 Å². The number of rotatable bonds is 4. The van der Waals surface area contributed by atoms with Gasteiger partial charge >= 0.3 is 12.4 Å². The lowest BCUT2D eigenvalue weighted by Crippen LogP contribution is -2.11. The number of fused-ring (bicyclic) bond motifs is 1. The van der Waals surface area contributed by atoms with Crippen LogP contribution in [-0.4, -0.2) is 4.98 Å². The second-order valence-corrected chi connectivity index (χ2v) is 6.77. The molecule has 4 aromatic rings. The van der Waals surface area contributed by atoms with Gasteiger partial charge in [-0.3, -0.25) is 0 Å². The highest BCUT2D eigenvalue weighted by atomic mass is 19.4. The fraction of sp³-hybridized carbons (Fsp3) is 0.136. The zero-order valence-electron chi connectivity index (χ0n) is 15.7. The molecule has 1 heterocycles. The molecular formula is C22H14F6N2O. The molecule has 4 rings (SSSR count). The Morgan fingerprint density at radius 1 is 0.774 bits per heavy atom. The Kier molecular flexibility index (Phi) is 5.12. The quantitative estimate of drug-likeness (QED) is 0.346. The van der Waals surface area contributed by atoms with Crippen molar-refractivity contribution in [3.63, 3.8) is 0 Å². The number of benzene rings is 3. The van der Waals surface area contributed by atoms with E-state index in [9.17, 15) is 26.3 Å². The van der Waals surface area contributed by atoms with Crippen molar-refractivity contribution in [3.05, 3.63) is 83.4 Å². The maximum absolute atomic E-state index is 13.8. The molecule has 0 radical (unpaired) electrons. The van der Waals surface area contributed by atoms with Crippen molar-refractivity contribution in [1.29, 1.82) is 0 Å². The molecule has 0 saturated carbocycles. The summed E-state index contributed by atoms with van der Waals surface area (Å²) in [6.07, 6.45) is -9.27. The van der Waals surface area contributed by atoms with E-state index in [1.165, 1.54) is 12.1 Å². The van der Waals surface area contributed by atoms with Crippen LogP contribution >= 0.6 is 0 Å². The average molecular weight is 436 g/mol. The maximum atomic E-state index is 13.8. The highest BCUT2D eigenvalue weighted by molar-refractivity contribution is 5.85. The molecule has 0 fully saturated rings. The van der Waals surface area contributed by atoms with E-state index < -0.39 is 29.1 Å². The van der Waals surface area contributed by atoms with Crippen LogP contribution < -0.4 is 5.32 Å². The largest absolute Gasteiger partial charge is 0.435 e. The highest BCUT2D eigenvalue weighted by Crippen LogP contribution is 2.41. The van der Waals surface area contributed by atoms with Gasteiger partial charge in [-0.25, -0.2) is 4.98 Å². The number of halogens is 6. The molecule has 1 N–H and O–H groups in total. The molecule has 0 amide bonds. The number of nitrogens with one attached hydrogen (secondary N) is 1. The van der Waals surface area contributed by atoms with Crippen LogP contribution in [-0.2, 0) is 18.9 Å².